The Bertz CT molecular complexity index is 582. The first-order chi connectivity index (χ1) is 8.50. The predicted molar refractivity (Wildman–Crippen MR) is 63.7 cm³/mol. The standard InChI is InChI=1S/C12H11N3O3/c1-6-8(10(13)16)4-7(5-9(6)11(14)17)12-15-2-3-18-12/h2-5H,1H3,(H2,13,16)(H2,14,17). The molecule has 2 rings (SSSR count). The van der Waals surface area contributed by atoms with Crippen LogP contribution in [0.3, 0.4) is 0 Å². The van der Waals surface area contributed by atoms with Crippen molar-refractivity contribution in [2.75, 3.05) is 0 Å². The van der Waals surface area contributed by atoms with Gasteiger partial charge in [0.25, 0.3) is 0 Å². The Morgan fingerprint density at radius 3 is 2.11 bits per heavy atom. The summed E-state index contributed by atoms with van der Waals surface area (Å²) in [6.45, 7) is 1.61. The van der Waals surface area contributed by atoms with Crippen molar-refractivity contribution < 1.29 is 14.0 Å². The summed E-state index contributed by atoms with van der Waals surface area (Å²) in [5.41, 5.74) is 11.9. The Morgan fingerprint density at radius 2 is 1.72 bits per heavy atom. The lowest BCUT2D eigenvalue weighted by molar-refractivity contribution is 0.0999. The van der Waals surface area contributed by atoms with Gasteiger partial charge < -0.3 is 15.9 Å². The Balaban J connectivity index is 2.70. The van der Waals surface area contributed by atoms with Gasteiger partial charge in [-0.2, -0.15) is 0 Å². The van der Waals surface area contributed by atoms with Gasteiger partial charge >= 0.3 is 0 Å². The molecule has 6 heteroatoms. The largest absolute Gasteiger partial charge is 0.445 e. The zero-order valence-corrected chi connectivity index (χ0v) is 9.64. The van der Waals surface area contributed by atoms with E-state index in [1.54, 1.807) is 6.92 Å². The summed E-state index contributed by atoms with van der Waals surface area (Å²) < 4.78 is 5.11. The maximum absolute atomic E-state index is 11.3. The van der Waals surface area contributed by atoms with Gasteiger partial charge in [-0.05, 0) is 24.6 Å². The molecule has 0 aliphatic carbocycles. The molecule has 92 valence electrons. The van der Waals surface area contributed by atoms with Crippen LogP contribution in [0.5, 0.6) is 0 Å². The van der Waals surface area contributed by atoms with Crippen molar-refractivity contribution in [3.8, 4) is 11.5 Å². The number of nitrogens with zero attached hydrogens (tertiary/aromatic N) is 1. The van der Waals surface area contributed by atoms with E-state index in [0.717, 1.165) is 0 Å². The minimum absolute atomic E-state index is 0.222. The van der Waals surface area contributed by atoms with Crippen molar-refractivity contribution in [1.29, 1.82) is 0 Å². The van der Waals surface area contributed by atoms with Crippen LogP contribution >= 0.6 is 0 Å². The smallest absolute Gasteiger partial charge is 0.249 e. The summed E-state index contributed by atoms with van der Waals surface area (Å²) in [5, 5.41) is 0. The van der Waals surface area contributed by atoms with Crippen molar-refractivity contribution in [1.82, 2.24) is 4.98 Å². The summed E-state index contributed by atoms with van der Waals surface area (Å²) in [6, 6.07) is 3.05. The van der Waals surface area contributed by atoms with E-state index in [9.17, 15) is 9.59 Å². The fourth-order valence-electron chi connectivity index (χ4n) is 1.72. The predicted octanol–water partition coefficient (Wildman–Crippen LogP) is 0.848. The summed E-state index contributed by atoms with van der Waals surface area (Å²) in [7, 11) is 0. The van der Waals surface area contributed by atoms with E-state index >= 15 is 0 Å². The van der Waals surface area contributed by atoms with Crippen LogP contribution in [-0.2, 0) is 0 Å². The average molecular weight is 245 g/mol. The summed E-state index contributed by atoms with van der Waals surface area (Å²) in [6.07, 6.45) is 2.85. The van der Waals surface area contributed by atoms with Gasteiger partial charge in [0, 0.05) is 16.7 Å². The van der Waals surface area contributed by atoms with Crippen LogP contribution < -0.4 is 11.5 Å². The Kier molecular flexibility index (Phi) is 2.85. The first-order valence-electron chi connectivity index (χ1n) is 5.15. The Hall–Kier alpha value is -2.63. The molecule has 0 fully saturated rings. The van der Waals surface area contributed by atoms with E-state index in [1.165, 1.54) is 24.6 Å². The molecule has 0 aliphatic rings. The van der Waals surface area contributed by atoms with Crippen LogP contribution in [0.25, 0.3) is 11.5 Å². The van der Waals surface area contributed by atoms with Gasteiger partial charge in [-0.3, -0.25) is 9.59 Å². The fraction of sp³-hybridized carbons (Fsp3) is 0.0833. The number of oxazole rings is 1. The highest BCUT2D eigenvalue weighted by Gasteiger charge is 2.16. The minimum atomic E-state index is -0.636. The number of amides is 2. The Labute approximate surface area is 103 Å². The lowest BCUT2D eigenvalue weighted by Gasteiger charge is -2.08. The molecule has 0 saturated carbocycles. The quantitative estimate of drug-likeness (QED) is 0.834. The van der Waals surface area contributed by atoms with Crippen LogP contribution in [0.2, 0.25) is 0 Å². The first kappa shape index (κ1) is 11.8. The fourth-order valence-corrected chi connectivity index (χ4v) is 1.72. The van der Waals surface area contributed by atoms with Gasteiger partial charge in [-0.1, -0.05) is 0 Å². The van der Waals surface area contributed by atoms with Crippen LogP contribution in [0.15, 0.2) is 29.0 Å². The van der Waals surface area contributed by atoms with E-state index < -0.39 is 11.8 Å². The highest BCUT2D eigenvalue weighted by molar-refractivity contribution is 6.02. The van der Waals surface area contributed by atoms with Gasteiger partial charge in [0.15, 0.2) is 0 Å². The number of hydrogen-bond acceptors (Lipinski definition) is 4. The second-order valence-corrected chi connectivity index (χ2v) is 3.76. The molecule has 0 saturated heterocycles. The normalized spacial score (nSPS) is 10.3. The molecule has 2 aromatic rings. The first-order valence-corrected chi connectivity index (χ1v) is 5.15. The summed E-state index contributed by atoms with van der Waals surface area (Å²) in [5.74, 6) is -0.980. The summed E-state index contributed by atoms with van der Waals surface area (Å²) >= 11 is 0. The number of carbonyl (C=O) groups excluding carboxylic acids is 2. The van der Waals surface area contributed by atoms with Crippen LogP contribution in [0, 0.1) is 6.92 Å². The number of carbonyl (C=O) groups is 2. The Morgan fingerprint density at radius 1 is 1.17 bits per heavy atom. The minimum Gasteiger partial charge on any atom is -0.445 e. The van der Waals surface area contributed by atoms with E-state index in [0.29, 0.717) is 17.0 Å². The molecule has 0 radical (unpaired) electrons. The molecule has 6 nitrogen and oxygen atoms in total. The number of rotatable bonds is 3. The molecule has 1 heterocycles. The molecule has 0 aliphatic heterocycles. The van der Waals surface area contributed by atoms with Gasteiger partial charge in [-0.15, -0.1) is 0 Å². The number of benzene rings is 1. The maximum atomic E-state index is 11.3. The number of hydrogen-bond donors (Lipinski definition) is 2. The van der Waals surface area contributed by atoms with E-state index in [-0.39, 0.29) is 11.1 Å². The van der Waals surface area contributed by atoms with Gasteiger partial charge in [0.05, 0.1) is 6.20 Å². The second-order valence-electron chi connectivity index (χ2n) is 3.76. The van der Waals surface area contributed by atoms with Crippen molar-refractivity contribution in [2.45, 2.75) is 6.92 Å². The third kappa shape index (κ3) is 1.95. The monoisotopic (exact) mass is 245 g/mol. The van der Waals surface area contributed by atoms with Crippen LogP contribution in [0.4, 0.5) is 0 Å². The van der Waals surface area contributed by atoms with E-state index in [4.69, 9.17) is 15.9 Å². The van der Waals surface area contributed by atoms with E-state index in [1.807, 2.05) is 0 Å². The molecule has 0 bridgehead atoms. The molecular weight excluding hydrogens is 234 g/mol. The van der Waals surface area contributed by atoms with Gasteiger partial charge in [-0.25, -0.2) is 4.98 Å². The average Bonchev–Trinajstić information content (AvgIpc) is 2.82. The zero-order chi connectivity index (χ0) is 13.3. The molecular formula is C12H11N3O3. The highest BCUT2D eigenvalue weighted by atomic mass is 16.3. The highest BCUT2D eigenvalue weighted by Crippen LogP contribution is 2.24. The summed E-state index contributed by atoms with van der Waals surface area (Å²) in [4.78, 5) is 26.6. The molecule has 0 unspecified atom stereocenters. The van der Waals surface area contributed by atoms with Crippen LogP contribution in [-0.4, -0.2) is 16.8 Å². The van der Waals surface area contributed by atoms with Gasteiger partial charge in [0.1, 0.15) is 6.26 Å². The topological polar surface area (TPSA) is 112 Å². The lowest BCUT2D eigenvalue weighted by atomic mass is 9.97. The number of primary amides is 2. The molecule has 1 aromatic heterocycles. The van der Waals surface area contributed by atoms with E-state index in [2.05, 4.69) is 4.98 Å². The van der Waals surface area contributed by atoms with Crippen molar-refractivity contribution in [3.63, 3.8) is 0 Å². The number of nitrogens with two attached hydrogens (primary N) is 2. The zero-order valence-electron chi connectivity index (χ0n) is 9.64. The third-order valence-electron chi connectivity index (χ3n) is 2.62. The molecule has 1 aromatic carbocycles. The molecule has 2 amide bonds. The van der Waals surface area contributed by atoms with Gasteiger partial charge in [0.2, 0.25) is 17.7 Å². The van der Waals surface area contributed by atoms with Crippen LogP contribution in [0.1, 0.15) is 26.3 Å². The molecule has 0 atom stereocenters. The lowest BCUT2D eigenvalue weighted by Crippen LogP contribution is -2.18. The molecule has 4 N–H and O–H groups in total. The molecule has 0 spiro atoms. The third-order valence-corrected chi connectivity index (χ3v) is 2.62. The molecule has 18 heavy (non-hydrogen) atoms. The second kappa shape index (κ2) is 4.33. The van der Waals surface area contributed by atoms with Crippen molar-refractivity contribution in [2.24, 2.45) is 11.5 Å². The maximum Gasteiger partial charge on any atom is 0.249 e. The number of aromatic nitrogens is 1. The SMILES string of the molecule is Cc1c(C(N)=O)cc(-c2ncco2)cc1C(N)=O. The van der Waals surface area contributed by atoms with Crippen molar-refractivity contribution in [3.05, 3.63) is 41.3 Å². The van der Waals surface area contributed by atoms with Crippen molar-refractivity contribution >= 4 is 11.8 Å².